The average Bonchev–Trinajstić information content (AvgIpc) is 3.24. The van der Waals surface area contributed by atoms with E-state index in [-0.39, 0.29) is 5.91 Å². The Hall–Kier alpha value is -2.86. The van der Waals surface area contributed by atoms with E-state index in [9.17, 15) is 4.79 Å². The molecule has 0 aliphatic carbocycles. The van der Waals surface area contributed by atoms with Crippen LogP contribution < -0.4 is 11.1 Å². The van der Waals surface area contributed by atoms with Crippen LogP contribution in [-0.2, 0) is 13.1 Å². The van der Waals surface area contributed by atoms with Crippen molar-refractivity contribution in [2.24, 2.45) is 5.73 Å². The highest BCUT2D eigenvalue weighted by atomic mass is 16.3. The van der Waals surface area contributed by atoms with Crippen molar-refractivity contribution in [3.05, 3.63) is 71.9 Å². The first-order valence-electron chi connectivity index (χ1n) is 6.91. The van der Waals surface area contributed by atoms with E-state index in [0.717, 1.165) is 5.56 Å². The lowest BCUT2D eigenvalue weighted by atomic mass is 10.1. The number of hydrogen-bond donors (Lipinski definition) is 2. The van der Waals surface area contributed by atoms with Crippen molar-refractivity contribution in [2.45, 2.75) is 13.1 Å². The van der Waals surface area contributed by atoms with E-state index in [4.69, 9.17) is 10.2 Å². The summed E-state index contributed by atoms with van der Waals surface area (Å²) in [7, 11) is 0. The van der Waals surface area contributed by atoms with E-state index in [1.807, 2.05) is 30.5 Å². The third kappa shape index (κ3) is 2.91. The van der Waals surface area contributed by atoms with Crippen molar-refractivity contribution in [1.29, 1.82) is 0 Å². The minimum absolute atomic E-state index is 0.184. The second-order valence-electron chi connectivity index (χ2n) is 4.78. The van der Waals surface area contributed by atoms with E-state index in [0.29, 0.717) is 30.1 Å². The first-order valence-corrected chi connectivity index (χ1v) is 6.91. The Morgan fingerprint density at radius 3 is 2.86 bits per heavy atom. The SMILES string of the molecule is NCc1cnn(-c2ccccc2C(=O)NCc2ccco2)c1. The average molecular weight is 296 g/mol. The third-order valence-electron chi connectivity index (χ3n) is 3.27. The van der Waals surface area contributed by atoms with Gasteiger partial charge in [-0.2, -0.15) is 5.10 Å². The van der Waals surface area contributed by atoms with Gasteiger partial charge in [0, 0.05) is 18.3 Å². The van der Waals surface area contributed by atoms with E-state index in [1.54, 1.807) is 29.3 Å². The predicted octanol–water partition coefficient (Wildman–Crippen LogP) is 1.85. The number of nitrogens with one attached hydrogen (secondary N) is 1. The maximum Gasteiger partial charge on any atom is 0.253 e. The number of nitrogens with two attached hydrogens (primary N) is 1. The van der Waals surface area contributed by atoms with Crippen molar-refractivity contribution in [3.63, 3.8) is 0 Å². The van der Waals surface area contributed by atoms with Gasteiger partial charge in [-0.1, -0.05) is 12.1 Å². The van der Waals surface area contributed by atoms with Gasteiger partial charge in [-0.25, -0.2) is 4.68 Å². The predicted molar refractivity (Wildman–Crippen MR) is 81.3 cm³/mol. The molecule has 0 radical (unpaired) electrons. The highest BCUT2D eigenvalue weighted by Gasteiger charge is 2.13. The Bertz CT molecular complexity index is 762. The number of nitrogens with zero attached hydrogens (tertiary/aromatic N) is 2. The first kappa shape index (κ1) is 14.1. The van der Waals surface area contributed by atoms with Gasteiger partial charge in [-0.3, -0.25) is 4.79 Å². The van der Waals surface area contributed by atoms with Gasteiger partial charge in [0.15, 0.2) is 0 Å². The molecular weight excluding hydrogens is 280 g/mol. The summed E-state index contributed by atoms with van der Waals surface area (Å²) in [4.78, 5) is 12.4. The van der Waals surface area contributed by atoms with Crippen LogP contribution in [0.25, 0.3) is 5.69 Å². The molecule has 0 unspecified atom stereocenters. The molecule has 0 saturated heterocycles. The Morgan fingerprint density at radius 1 is 1.27 bits per heavy atom. The molecule has 3 aromatic rings. The standard InChI is InChI=1S/C16H16N4O2/c17-8-12-9-19-20(11-12)15-6-2-1-5-14(15)16(21)18-10-13-4-3-7-22-13/h1-7,9,11H,8,10,17H2,(H,18,21). The van der Waals surface area contributed by atoms with Crippen LogP contribution in [0, 0.1) is 0 Å². The molecule has 0 fully saturated rings. The number of para-hydroxylation sites is 1. The summed E-state index contributed by atoms with van der Waals surface area (Å²) in [5.41, 5.74) is 7.76. The molecular formula is C16H16N4O2. The van der Waals surface area contributed by atoms with Gasteiger partial charge in [0.25, 0.3) is 5.91 Å². The minimum atomic E-state index is -0.184. The molecule has 22 heavy (non-hydrogen) atoms. The summed E-state index contributed by atoms with van der Waals surface area (Å²) in [6, 6.07) is 10.9. The molecule has 3 N–H and O–H groups in total. The summed E-state index contributed by atoms with van der Waals surface area (Å²) in [6.07, 6.45) is 5.09. The highest BCUT2D eigenvalue weighted by molar-refractivity contribution is 5.97. The third-order valence-corrected chi connectivity index (χ3v) is 3.27. The molecule has 0 saturated carbocycles. The van der Waals surface area contributed by atoms with Crippen LogP contribution in [0.4, 0.5) is 0 Å². The lowest BCUT2D eigenvalue weighted by Gasteiger charge is -2.09. The van der Waals surface area contributed by atoms with Gasteiger partial charge in [-0.15, -0.1) is 0 Å². The zero-order valence-electron chi connectivity index (χ0n) is 11.9. The van der Waals surface area contributed by atoms with Gasteiger partial charge >= 0.3 is 0 Å². The smallest absolute Gasteiger partial charge is 0.253 e. The summed E-state index contributed by atoms with van der Waals surface area (Å²) < 4.78 is 6.86. The topological polar surface area (TPSA) is 86.1 Å². The largest absolute Gasteiger partial charge is 0.467 e. The molecule has 6 nitrogen and oxygen atoms in total. The lowest BCUT2D eigenvalue weighted by molar-refractivity contribution is 0.0948. The van der Waals surface area contributed by atoms with Crippen LogP contribution in [0.3, 0.4) is 0 Å². The fourth-order valence-electron chi connectivity index (χ4n) is 2.14. The molecule has 6 heteroatoms. The van der Waals surface area contributed by atoms with E-state index >= 15 is 0 Å². The molecule has 3 rings (SSSR count). The minimum Gasteiger partial charge on any atom is -0.467 e. The van der Waals surface area contributed by atoms with Gasteiger partial charge in [-0.05, 0) is 24.3 Å². The number of carbonyl (C=O) groups excluding carboxylic acids is 1. The van der Waals surface area contributed by atoms with Crippen LogP contribution in [0.1, 0.15) is 21.7 Å². The summed E-state index contributed by atoms with van der Waals surface area (Å²) in [5.74, 6) is 0.520. The molecule has 0 aliphatic rings. The van der Waals surface area contributed by atoms with Crippen molar-refractivity contribution in [2.75, 3.05) is 0 Å². The van der Waals surface area contributed by atoms with Gasteiger partial charge < -0.3 is 15.5 Å². The molecule has 112 valence electrons. The molecule has 2 heterocycles. The highest BCUT2D eigenvalue weighted by Crippen LogP contribution is 2.15. The Balaban J connectivity index is 1.82. The molecule has 0 bridgehead atoms. The molecule has 0 aliphatic heterocycles. The number of aromatic nitrogens is 2. The van der Waals surface area contributed by atoms with Crippen molar-refractivity contribution in [3.8, 4) is 5.69 Å². The van der Waals surface area contributed by atoms with Crippen LogP contribution in [-0.4, -0.2) is 15.7 Å². The van der Waals surface area contributed by atoms with Crippen LogP contribution in [0.15, 0.2) is 59.5 Å². The summed E-state index contributed by atoms with van der Waals surface area (Å²) in [6.45, 7) is 0.750. The maximum atomic E-state index is 12.4. The zero-order valence-corrected chi connectivity index (χ0v) is 11.9. The van der Waals surface area contributed by atoms with E-state index in [2.05, 4.69) is 10.4 Å². The fourth-order valence-corrected chi connectivity index (χ4v) is 2.14. The first-order chi connectivity index (χ1) is 10.8. The van der Waals surface area contributed by atoms with Crippen LogP contribution in [0.2, 0.25) is 0 Å². The van der Waals surface area contributed by atoms with Crippen molar-refractivity contribution < 1.29 is 9.21 Å². The number of benzene rings is 1. The maximum absolute atomic E-state index is 12.4. The summed E-state index contributed by atoms with van der Waals surface area (Å²) >= 11 is 0. The molecule has 2 aromatic heterocycles. The Kier molecular flexibility index (Phi) is 4.02. The number of carbonyl (C=O) groups is 1. The van der Waals surface area contributed by atoms with E-state index < -0.39 is 0 Å². The molecule has 1 aromatic carbocycles. The second-order valence-corrected chi connectivity index (χ2v) is 4.78. The van der Waals surface area contributed by atoms with Gasteiger partial charge in [0.2, 0.25) is 0 Å². The molecule has 0 spiro atoms. The van der Waals surface area contributed by atoms with Crippen LogP contribution in [0.5, 0.6) is 0 Å². The van der Waals surface area contributed by atoms with E-state index in [1.165, 1.54) is 0 Å². The monoisotopic (exact) mass is 296 g/mol. The lowest BCUT2D eigenvalue weighted by Crippen LogP contribution is -2.24. The molecule has 1 amide bonds. The number of rotatable bonds is 5. The van der Waals surface area contributed by atoms with Crippen molar-refractivity contribution in [1.82, 2.24) is 15.1 Å². The number of amides is 1. The zero-order chi connectivity index (χ0) is 15.4. The van der Waals surface area contributed by atoms with Gasteiger partial charge in [0.1, 0.15) is 5.76 Å². The molecule has 0 atom stereocenters. The summed E-state index contributed by atoms with van der Waals surface area (Å²) in [5, 5.41) is 7.08. The second kappa shape index (κ2) is 6.28. The van der Waals surface area contributed by atoms with Crippen molar-refractivity contribution >= 4 is 5.91 Å². The van der Waals surface area contributed by atoms with Crippen LogP contribution >= 0.6 is 0 Å². The van der Waals surface area contributed by atoms with Gasteiger partial charge in [0.05, 0.1) is 30.3 Å². The fraction of sp³-hybridized carbons (Fsp3) is 0.125. The quantitative estimate of drug-likeness (QED) is 0.752. The number of hydrogen-bond acceptors (Lipinski definition) is 4. The Morgan fingerprint density at radius 2 is 2.14 bits per heavy atom. The number of furan rings is 1. The normalized spacial score (nSPS) is 10.6. The Labute approximate surface area is 127 Å².